The number of carbonyl (C=O) groups is 2. The SMILES string of the molecule is COCc1csc([C@H](Cc2ccc(NO[SH](=O)=O)cc2)NC(=O)[C@H](Cc2ccccc2)NC(=O)OC)n1. The van der Waals surface area contributed by atoms with E-state index in [9.17, 15) is 18.0 Å². The normalized spacial score (nSPS) is 12.5. The molecule has 0 spiro atoms. The summed E-state index contributed by atoms with van der Waals surface area (Å²) in [4.78, 5) is 30.0. The third kappa shape index (κ3) is 9.13. The number of rotatable bonds is 13. The van der Waals surface area contributed by atoms with Crippen molar-refractivity contribution >= 4 is 40.0 Å². The van der Waals surface area contributed by atoms with E-state index in [4.69, 9.17) is 9.47 Å². The molecule has 198 valence electrons. The van der Waals surface area contributed by atoms with E-state index in [0.717, 1.165) is 16.8 Å². The minimum atomic E-state index is -3.03. The van der Waals surface area contributed by atoms with Gasteiger partial charge in [0.1, 0.15) is 11.0 Å². The number of methoxy groups -OCH3 is 2. The summed E-state index contributed by atoms with van der Waals surface area (Å²) in [5.41, 5.74) is 5.24. The van der Waals surface area contributed by atoms with E-state index in [1.54, 1.807) is 31.4 Å². The third-order valence-corrected chi connectivity index (χ3v) is 6.43. The van der Waals surface area contributed by atoms with E-state index in [1.807, 2.05) is 35.7 Å². The van der Waals surface area contributed by atoms with Crippen LogP contribution < -0.4 is 16.1 Å². The highest BCUT2D eigenvalue weighted by Crippen LogP contribution is 2.24. The molecule has 3 aromatic rings. The molecule has 0 aliphatic heterocycles. The average molecular weight is 549 g/mol. The molecule has 3 rings (SSSR count). The Morgan fingerprint density at radius 3 is 2.32 bits per heavy atom. The van der Waals surface area contributed by atoms with Crippen LogP contribution in [0.4, 0.5) is 10.5 Å². The molecule has 2 aromatic carbocycles. The van der Waals surface area contributed by atoms with E-state index in [2.05, 4.69) is 25.4 Å². The number of thiol groups is 1. The molecule has 1 heterocycles. The van der Waals surface area contributed by atoms with E-state index < -0.39 is 35.1 Å². The highest BCUT2D eigenvalue weighted by Gasteiger charge is 2.26. The topological polar surface area (TPSA) is 145 Å². The van der Waals surface area contributed by atoms with Crippen LogP contribution >= 0.6 is 11.3 Å². The molecule has 2 amide bonds. The van der Waals surface area contributed by atoms with Crippen molar-refractivity contribution in [3.63, 3.8) is 0 Å². The maximum absolute atomic E-state index is 13.4. The molecule has 0 saturated heterocycles. The van der Waals surface area contributed by atoms with Crippen molar-refractivity contribution < 1.29 is 31.8 Å². The Bertz CT molecular complexity index is 1230. The van der Waals surface area contributed by atoms with Crippen LogP contribution in [0.25, 0.3) is 0 Å². The van der Waals surface area contributed by atoms with Crippen LogP contribution in [0.15, 0.2) is 60.0 Å². The second-order valence-corrected chi connectivity index (χ2v) is 9.39. The zero-order valence-electron chi connectivity index (χ0n) is 20.2. The lowest BCUT2D eigenvalue weighted by Crippen LogP contribution is -2.49. The van der Waals surface area contributed by atoms with Crippen LogP contribution in [0, 0.1) is 0 Å². The van der Waals surface area contributed by atoms with Gasteiger partial charge in [0.15, 0.2) is 0 Å². The molecule has 0 aliphatic rings. The number of carbonyl (C=O) groups excluding carboxylic acids is 2. The standard InChI is InChI=1S/C24H28N4O7S2/c1-33-14-19-15-36-23(25-19)21(13-17-8-10-18(11-9-17)28-35-37(31)32)26-22(29)20(27-24(30)34-2)12-16-6-4-3-5-7-16/h3-11,15,20-21,28,37H,12-14H2,1-2H3,(H,26,29)(H,27,30)/t20-,21-/m0/s1. The number of aromatic nitrogens is 1. The van der Waals surface area contributed by atoms with E-state index in [-0.39, 0.29) is 6.42 Å². The smallest absolute Gasteiger partial charge is 0.407 e. The van der Waals surface area contributed by atoms with Crippen molar-refractivity contribution in [2.75, 3.05) is 19.7 Å². The lowest BCUT2D eigenvalue weighted by atomic mass is 10.0. The monoisotopic (exact) mass is 548 g/mol. The Labute approximate surface area is 220 Å². The molecule has 11 nitrogen and oxygen atoms in total. The molecule has 13 heteroatoms. The van der Waals surface area contributed by atoms with Gasteiger partial charge in [0, 0.05) is 18.9 Å². The predicted octanol–water partition coefficient (Wildman–Crippen LogP) is 2.53. The molecule has 2 atom stereocenters. The molecule has 37 heavy (non-hydrogen) atoms. The number of alkyl carbamates (subject to hydrolysis) is 1. The van der Waals surface area contributed by atoms with Crippen LogP contribution in [-0.2, 0) is 49.0 Å². The van der Waals surface area contributed by atoms with Gasteiger partial charge in [-0.1, -0.05) is 42.5 Å². The number of nitrogens with zero attached hydrogens (tertiary/aromatic N) is 1. The minimum absolute atomic E-state index is 0.267. The Hall–Kier alpha value is -3.52. The molecule has 0 bridgehead atoms. The van der Waals surface area contributed by atoms with Gasteiger partial charge in [-0.15, -0.1) is 11.3 Å². The van der Waals surface area contributed by atoms with E-state index >= 15 is 0 Å². The summed E-state index contributed by atoms with van der Waals surface area (Å²) >= 11 is 1.39. The van der Waals surface area contributed by atoms with Crippen LogP contribution in [0.5, 0.6) is 0 Å². The van der Waals surface area contributed by atoms with Gasteiger partial charge in [0.25, 0.3) is 11.0 Å². The minimum Gasteiger partial charge on any atom is -0.453 e. The summed E-state index contributed by atoms with van der Waals surface area (Å²) < 4.78 is 35.5. The Morgan fingerprint density at radius 2 is 1.68 bits per heavy atom. The number of amides is 2. The van der Waals surface area contributed by atoms with Crippen molar-refractivity contribution in [3.05, 3.63) is 81.8 Å². The first-order valence-corrected chi connectivity index (χ1v) is 13.1. The van der Waals surface area contributed by atoms with Gasteiger partial charge in [-0.05, 0) is 29.7 Å². The highest BCUT2D eigenvalue weighted by molar-refractivity contribution is 7.67. The lowest BCUT2D eigenvalue weighted by Gasteiger charge is -2.22. The van der Waals surface area contributed by atoms with Gasteiger partial charge in [0.2, 0.25) is 5.91 Å². The second kappa shape index (κ2) is 14.3. The predicted molar refractivity (Wildman–Crippen MR) is 138 cm³/mol. The van der Waals surface area contributed by atoms with Gasteiger partial charge in [-0.25, -0.2) is 23.7 Å². The summed E-state index contributed by atoms with van der Waals surface area (Å²) in [6.45, 7) is 0.333. The molecule has 0 unspecified atom stereocenters. The summed E-state index contributed by atoms with van der Waals surface area (Å²) in [6.07, 6.45) is -0.0582. The quantitative estimate of drug-likeness (QED) is 0.187. The molecule has 0 saturated carbocycles. The van der Waals surface area contributed by atoms with Gasteiger partial charge >= 0.3 is 6.09 Å². The zero-order chi connectivity index (χ0) is 26.6. The highest BCUT2D eigenvalue weighted by atomic mass is 32.2. The van der Waals surface area contributed by atoms with Crippen LogP contribution in [0.2, 0.25) is 0 Å². The maximum Gasteiger partial charge on any atom is 0.407 e. The number of anilines is 1. The molecular weight excluding hydrogens is 520 g/mol. The van der Waals surface area contributed by atoms with Crippen molar-refractivity contribution in [1.82, 2.24) is 15.6 Å². The summed E-state index contributed by atoms with van der Waals surface area (Å²) in [5, 5.41) is 8.16. The van der Waals surface area contributed by atoms with E-state index in [1.165, 1.54) is 18.4 Å². The number of nitrogens with one attached hydrogen (secondary N) is 3. The maximum atomic E-state index is 13.4. The third-order valence-electron chi connectivity index (χ3n) is 5.18. The number of benzene rings is 2. The fourth-order valence-electron chi connectivity index (χ4n) is 3.46. The first kappa shape index (κ1) is 28.1. The Morgan fingerprint density at radius 1 is 0.973 bits per heavy atom. The number of hydrogen-bond acceptors (Lipinski definition) is 10. The molecule has 1 aromatic heterocycles. The average Bonchev–Trinajstić information content (AvgIpc) is 3.36. The Balaban J connectivity index is 1.81. The molecular formula is C24H28N4O7S2. The fraction of sp³-hybridized carbons (Fsp3) is 0.292. The van der Waals surface area contributed by atoms with Gasteiger partial charge in [-0.2, -0.15) is 4.28 Å². The molecule has 0 aliphatic carbocycles. The van der Waals surface area contributed by atoms with Gasteiger partial charge < -0.3 is 20.1 Å². The Kier molecular flexibility index (Phi) is 10.8. The van der Waals surface area contributed by atoms with E-state index in [0.29, 0.717) is 23.7 Å². The van der Waals surface area contributed by atoms with Gasteiger partial charge in [-0.3, -0.25) is 4.79 Å². The first-order valence-electron chi connectivity index (χ1n) is 11.2. The molecule has 0 fully saturated rings. The summed E-state index contributed by atoms with van der Waals surface area (Å²) in [6, 6.07) is 14.8. The second-order valence-electron chi connectivity index (χ2n) is 7.87. The van der Waals surface area contributed by atoms with Crippen LogP contribution in [-0.4, -0.2) is 45.7 Å². The summed E-state index contributed by atoms with van der Waals surface area (Å²) in [7, 11) is -0.220. The molecule has 0 radical (unpaired) electrons. The fourth-order valence-corrected chi connectivity index (χ4v) is 4.50. The van der Waals surface area contributed by atoms with Crippen molar-refractivity contribution in [2.24, 2.45) is 0 Å². The molecule has 3 N–H and O–H groups in total. The first-order chi connectivity index (χ1) is 17.9. The van der Waals surface area contributed by atoms with Crippen molar-refractivity contribution in [3.8, 4) is 0 Å². The lowest BCUT2D eigenvalue weighted by molar-refractivity contribution is -0.123. The van der Waals surface area contributed by atoms with Crippen molar-refractivity contribution in [2.45, 2.75) is 31.5 Å². The van der Waals surface area contributed by atoms with Gasteiger partial charge in [0.05, 0.1) is 31.1 Å². The number of hydrogen-bond donors (Lipinski definition) is 4. The zero-order valence-corrected chi connectivity index (χ0v) is 21.9. The summed E-state index contributed by atoms with van der Waals surface area (Å²) in [5.74, 6) is -0.395. The largest absolute Gasteiger partial charge is 0.453 e. The van der Waals surface area contributed by atoms with Crippen LogP contribution in [0.1, 0.15) is 27.9 Å². The van der Waals surface area contributed by atoms with Crippen LogP contribution in [0.3, 0.4) is 0 Å². The van der Waals surface area contributed by atoms with Crippen molar-refractivity contribution in [1.29, 1.82) is 0 Å². The number of ether oxygens (including phenoxy) is 2. The number of thiazole rings is 1.